The van der Waals surface area contributed by atoms with Crippen molar-refractivity contribution in [2.75, 3.05) is 43.5 Å². The molecule has 1 amide bonds. The first-order chi connectivity index (χ1) is 14.6. The lowest BCUT2D eigenvalue weighted by Gasteiger charge is -2.36. The molecular weight excluding hydrogens is 418 g/mol. The Labute approximate surface area is 186 Å². The summed E-state index contributed by atoms with van der Waals surface area (Å²) in [5.41, 5.74) is 2.25. The van der Waals surface area contributed by atoms with E-state index in [2.05, 4.69) is 31.2 Å². The van der Waals surface area contributed by atoms with Crippen LogP contribution in [-0.4, -0.2) is 54.1 Å². The maximum Gasteiger partial charge on any atom is 0.323 e. The molecule has 1 saturated heterocycles. The third kappa shape index (κ3) is 5.28. The Balaban J connectivity index is 0.00000272. The van der Waals surface area contributed by atoms with E-state index in [1.54, 1.807) is 19.2 Å². The number of rotatable bonds is 6. The number of para-hydroxylation sites is 3. The van der Waals surface area contributed by atoms with Gasteiger partial charge in [0.25, 0.3) is 5.91 Å². The molecule has 4 rings (SSSR count). The van der Waals surface area contributed by atoms with Gasteiger partial charge in [-0.1, -0.05) is 30.3 Å². The summed E-state index contributed by atoms with van der Waals surface area (Å²) < 4.78 is 5.47. The molecule has 0 bridgehead atoms. The number of benzene rings is 2. The number of nitrogens with zero attached hydrogens (tertiary/aromatic N) is 2. The fourth-order valence-corrected chi connectivity index (χ4v) is 3.71. The van der Waals surface area contributed by atoms with Gasteiger partial charge in [-0.15, -0.1) is 12.4 Å². The number of carbonyl (C=O) groups is 1. The van der Waals surface area contributed by atoms with Gasteiger partial charge in [0, 0.05) is 38.4 Å². The van der Waals surface area contributed by atoms with Gasteiger partial charge in [0.1, 0.15) is 11.4 Å². The van der Waals surface area contributed by atoms with E-state index in [4.69, 9.17) is 4.74 Å². The molecule has 0 atom stereocenters. The molecule has 0 saturated carbocycles. The Morgan fingerprint density at radius 1 is 1.00 bits per heavy atom. The van der Waals surface area contributed by atoms with Gasteiger partial charge in [0.2, 0.25) is 0 Å². The highest BCUT2D eigenvalue weighted by Gasteiger charge is 2.23. The maximum absolute atomic E-state index is 12.7. The molecular formula is C22H26ClN5O3. The Hall–Kier alpha value is -3.23. The van der Waals surface area contributed by atoms with E-state index in [0.717, 1.165) is 37.6 Å². The molecule has 0 aliphatic carbocycles. The van der Waals surface area contributed by atoms with Crippen LogP contribution >= 0.6 is 12.4 Å². The molecule has 31 heavy (non-hydrogen) atoms. The van der Waals surface area contributed by atoms with Crippen LogP contribution in [0.15, 0.2) is 59.4 Å². The number of methoxy groups -OCH3 is 1. The smallest absolute Gasteiger partial charge is 0.323 e. The monoisotopic (exact) mass is 443 g/mol. The second-order valence-electron chi connectivity index (χ2n) is 7.19. The molecule has 3 N–H and O–H groups in total. The molecule has 164 valence electrons. The Morgan fingerprint density at radius 2 is 1.68 bits per heavy atom. The largest absolute Gasteiger partial charge is 0.495 e. The average molecular weight is 444 g/mol. The summed E-state index contributed by atoms with van der Waals surface area (Å²) in [6, 6.07) is 17.2. The van der Waals surface area contributed by atoms with E-state index in [9.17, 15) is 9.59 Å². The Bertz CT molecular complexity index is 1060. The van der Waals surface area contributed by atoms with Gasteiger partial charge in [-0.05, 0) is 24.3 Å². The van der Waals surface area contributed by atoms with Gasteiger partial charge < -0.3 is 24.9 Å². The number of aromatic nitrogens is 2. The van der Waals surface area contributed by atoms with Gasteiger partial charge in [-0.3, -0.25) is 9.69 Å². The normalized spacial score (nSPS) is 14.0. The molecule has 0 unspecified atom stereocenters. The predicted molar refractivity (Wildman–Crippen MR) is 124 cm³/mol. The minimum absolute atomic E-state index is 0. The molecule has 1 aliphatic heterocycles. The minimum atomic E-state index is -0.379. The number of nitrogens with one attached hydrogen (secondary N) is 3. The number of amides is 1. The SMILES string of the molecule is COc1ccccc1N1CCN(Cc2[nH]c(=O)[nH]c2C(=O)Nc2ccccc2)CC1.Cl. The third-order valence-electron chi connectivity index (χ3n) is 5.24. The van der Waals surface area contributed by atoms with Crippen LogP contribution in [0.25, 0.3) is 0 Å². The number of anilines is 2. The number of aromatic amines is 2. The van der Waals surface area contributed by atoms with Crippen molar-refractivity contribution in [1.82, 2.24) is 14.9 Å². The predicted octanol–water partition coefficient (Wildman–Crippen LogP) is 2.71. The minimum Gasteiger partial charge on any atom is -0.495 e. The lowest BCUT2D eigenvalue weighted by atomic mass is 10.2. The highest BCUT2D eigenvalue weighted by molar-refractivity contribution is 6.03. The summed E-state index contributed by atoms with van der Waals surface area (Å²) in [5, 5.41) is 2.82. The van der Waals surface area contributed by atoms with Crippen molar-refractivity contribution < 1.29 is 9.53 Å². The number of piperazine rings is 1. The van der Waals surface area contributed by atoms with Crippen LogP contribution in [0.1, 0.15) is 16.2 Å². The van der Waals surface area contributed by atoms with Crippen LogP contribution in [0, 0.1) is 0 Å². The lowest BCUT2D eigenvalue weighted by molar-refractivity contribution is 0.102. The van der Waals surface area contributed by atoms with Gasteiger partial charge in [-0.2, -0.15) is 0 Å². The quantitative estimate of drug-likeness (QED) is 0.544. The number of halogens is 1. The van der Waals surface area contributed by atoms with E-state index in [0.29, 0.717) is 17.9 Å². The standard InChI is InChI=1S/C22H25N5O3.ClH/c1-30-19-10-6-5-9-18(19)27-13-11-26(12-14-27)15-17-20(25-22(29)24-17)21(28)23-16-7-3-2-4-8-16;/h2-10H,11-15H2,1H3,(H,23,28)(H2,24,25,29);1H. The van der Waals surface area contributed by atoms with E-state index in [-0.39, 0.29) is 29.7 Å². The number of hydrogen-bond donors (Lipinski definition) is 3. The second kappa shape index (κ2) is 10.2. The Morgan fingerprint density at radius 3 is 2.39 bits per heavy atom. The second-order valence-corrected chi connectivity index (χ2v) is 7.19. The molecule has 2 heterocycles. The zero-order valence-corrected chi connectivity index (χ0v) is 18.1. The van der Waals surface area contributed by atoms with Crippen LogP contribution in [0.4, 0.5) is 11.4 Å². The van der Waals surface area contributed by atoms with Gasteiger partial charge in [-0.25, -0.2) is 4.79 Å². The van der Waals surface area contributed by atoms with Crippen molar-refractivity contribution in [2.24, 2.45) is 0 Å². The zero-order chi connectivity index (χ0) is 20.9. The van der Waals surface area contributed by atoms with Gasteiger partial charge >= 0.3 is 5.69 Å². The molecule has 3 aromatic rings. The van der Waals surface area contributed by atoms with E-state index >= 15 is 0 Å². The summed E-state index contributed by atoms with van der Waals surface area (Å²) in [6.45, 7) is 3.78. The number of hydrogen-bond acceptors (Lipinski definition) is 5. The lowest BCUT2D eigenvalue weighted by Crippen LogP contribution is -2.46. The summed E-state index contributed by atoms with van der Waals surface area (Å²) in [5.74, 6) is 0.531. The topological polar surface area (TPSA) is 93.5 Å². The summed E-state index contributed by atoms with van der Waals surface area (Å²) in [4.78, 5) is 34.5. The van der Waals surface area contributed by atoms with Crippen LogP contribution in [0.3, 0.4) is 0 Å². The molecule has 2 aromatic carbocycles. The molecule has 1 aromatic heterocycles. The Kier molecular flexibility index (Phi) is 7.38. The van der Waals surface area contributed by atoms with E-state index in [1.165, 1.54) is 0 Å². The fourth-order valence-electron chi connectivity index (χ4n) is 3.71. The average Bonchev–Trinajstić information content (AvgIpc) is 3.15. The van der Waals surface area contributed by atoms with Crippen LogP contribution in [0.2, 0.25) is 0 Å². The van der Waals surface area contributed by atoms with Gasteiger partial charge in [0.15, 0.2) is 0 Å². The fraction of sp³-hybridized carbons (Fsp3) is 0.273. The molecule has 0 radical (unpaired) electrons. The van der Waals surface area contributed by atoms with E-state index in [1.807, 2.05) is 36.4 Å². The van der Waals surface area contributed by atoms with Crippen molar-refractivity contribution >= 4 is 29.7 Å². The number of ether oxygens (including phenoxy) is 1. The summed E-state index contributed by atoms with van der Waals surface area (Å²) in [6.07, 6.45) is 0. The molecule has 0 spiro atoms. The number of imidazole rings is 1. The van der Waals surface area contributed by atoms with Crippen LogP contribution in [0.5, 0.6) is 5.75 Å². The highest BCUT2D eigenvalue weighted by Crippen LogP contribution is 2.28. The first-order valence-electron chi connectivity index (χ1n) is 9.92. The van der Waals surface area contributed by atoms with Crippen LogP contribution < -0.4 is 20.6 Å². The van der Waals surface area contributed by atoms with Crippen molar-refractivity contribution in [3.05, 3.63) is 76.5 Å². The highest BCUT2D eigenvalue weighted by atomic mass is 35.5. The third-order valence-corrected chi connectivity index (χ3v) is 5.24. The maximum atomic E-state index is 12.7. The number of H-pyrrole nitrogens is 2. The molecule has 1 fully saturated rings. The van der Waals surface area contributed by atoms with Crippen LogP contribution in [-0.2, 0) is 6.54 Å². The van der Waals surface area contributed by atoms with Gasteiger partial charge in [0.05, 0.1) is 18.5 Å². The van der Waals surface area contributed by atoms with E-state index < -0.39 is 0 Å². The first-order valence-corrected chi connectivity index (χ1v) is 9.92. The zero-order valence-electron chi connectivity index (χ0n) is 17.3. The van der Waals surface area contributed by atoms with Crippen molar-refractivity contribution in [2.45, 2.75) is 6.54 Å². The van der Waals surface area contributed by atoms with Crippen molar-refractivity contribution in [1.29, 1.82) is 0 Å². The molecule has 1 aliphatic rings. The van der Waals surface area contributed by atoms with Crippen molar-refractivity contribution in [3.63, 3.8) is 0 Å². The molecule has 8 nitrogen and oxygen atoms in total. The first kappa shape index (κ1) is 22.5. The summed E-state index contributed by atoms with van der Waals surface area (Å²) >= 11 is 0. The number of carbonyl (C=O) groups excluding carboxylic acids is 1. The van der Waals surface area contributed by atoms with Crippen molar-refractivity contribution in [3.8, 4) is 5.75 Å². The summed E-state index contributed by atoms with van der Waals surface area (Å²) in [7, 11) is 1.68. The molecule has 9 heteroatoms.